The highest BCUT2D eigenvalue weighted by Crippen LogP contribution is 2.42. The number of benzene rings is 1. The first-order chi connectivity index (χ1) is 9.75. The number of Topliss-reactive ketones (excluding diaryl/α,β-unsaturated/α-hetero) is 2. The van der Waals surface area contributed by atoms with Crippen LogP contribution in [0.2, 0.25) is 0 Å². The molecule has 0 unspecified atom stereocenters. The molecule has 0 saturated carbocycles. The van der Waals surface area contributed by atoms with Crippen LogP contribution < -0.4 is 0 Å². The van der Waals surface area contributed by atoms with E-state index in [4.69, 9.17) is 0 Å². The van der Waals surface area contributed by atoms with Crippen molar-refractivity contribution in [2.24, 2.45) is 0 Å². The van der Waals surface area contributed by atoms with Gasteiger partial charge in [-0.2, -0.15) is 0 Å². The second-order valence-corrected chi connectivity index (χ2v) is 5.88. The summed E-state index contributed by atoms with van der Waals surface area (Å²) < 4.78 is 0. The SMILES string of the molecule is O=C1CCCC2=C1C(=O)C[C@@H]1c3ccccc3CCN21. The van der Waals surface area contributed by atoms with E-state index in [1.807, 2.05) is 6.07 Å². The normalized spacial score (nSPS) is 25.2. The van der Waals surface area contributed by atoms with Crippen molar-refractivity contribution in [3.05, 3.63) is 46.7 Å². The lowest BCUT2D eigenvalue weighted by molar-refractivity contribution is -0.124. The maximum atomic E-state index is 12.4. The average Bonchev–Trinajstić information content (AvgIpc) is 2.47. The Hall–Kier alpha value is -1.90. The lowest BCUT2D eigenvalue weighted by Crippen LogP contribution is -2.43. The zero-order valence-corrected chi connectivity index (χ0v) is 11.4. The summed E-state index contributed by atoms with van der Waals surface area (Å²) in [5.74, 6) is 0.121. The molecule has 1 atom stereocenters. The Labute approximate surface area is 118 Å². The molecule has 0 saturated heterocycles. The number of rotatable bonds is 0. The van der Waals surface area contributed by atoms with Crippen LogP contribution in [-0.2, 0) is 16.0 Å². The Bertz CT molecular complexity index is 644. The van der Waals surface area contributed by atoms with Crippen LogP contribution in [0, 0.1) is 0 Å². The minimum absolute atomic E-state index is 0.0580. The molecular weight excluding hydrogens is 250 g/mol. The second kappa shape index (κ2) is 4.30. The fourth-order valence-electron chi connectivity index (χ4n) is 3.90. The number of carbonyl (C=O) groups excluding carboxylic acids is 2. The van der Waals surface area contributed by atoms with Gasteiger partial charge in [-0.3, -0.25) is 9.59 Å². The van der Waals surface area contributed by atoms with Crippen LogP contribution in [0.5, 0.6) is 0 Å². The van der Waals surface area contributed by atoms with E-state index < -0.39 is 0 Å². The molecule has 0 aromatic heterocycles. The Morgan fingerprint density at radius 3 is 2.75 bits per heavy atom. The zero-order chi connectivity index (χ0) is 13.7. The number of allylic oxidation sites excluding steroid dienone is 2. The number of ketones is 2. The number of carbonyl (C=O) groups is 2. The third kappa shape index (κ3) is 1.59. The Kier molecular flexibility index (Phi) is 2.56. The minimum Gasteiger partial charge on any atom is -0.366 e. The molecule has 2 heterocycles. The zero-order valence-electron chi connectivity index (χ0n) is 11.4. The van der Waals surface area contributed by atoms with E-state index in [-0.39, 0.29) is 17.6 Å². The summed E-state index contributed by atoms with van der Waals surface area (Å²) in [4.78, 5) is 26.8. The van der Waals surface area contributed by atoms with Gasteiger partial charge in [-0.25, -0.2) is 0 Å². The molecule has 20 heavy (non-hydrogen) atoms. The van der Waals surface area contributed by atoms with E-state index >= 15 is 0 Å². The highest BCUT2D eigenvalue weighted by atomic mass is 16.1. The summed E-state index contributed by atoms with van der Waals surface area (Å²) in [6, 6.07) is 8.55. The van der Waals surface area contributed by atoms with Crippen molar-refractivity contribution >= 4 is 11.6 Å². The van der Waals surface area contributed by atoms with Crippen molar-refractivity contribution < 1.29 is 9.59 Å². The van der Waals surface area contributed by atoms with Gasteiger partial charge in [0.15, 0.2) is 11.6 Å². The van der Waals surface area contributed by atoms with Crippen LogP contribution in [0.1, 0.15) is 42.9 Å². The maximum absolute atomic E-state index is 12.4. The van der Waals surface area contributed by atoms with Gasteiger partial charge in [-0.15, -0.1) is 0 Å². The van der Waals surface area contributed by atoms with Crippen LogP contribution in [0.3, 0.4) is 0 Å². The second-order valence-electron chi connectivity index (χ2n) is 5.88. The summed E-state index contributed by atoms with van der Waals surface area (Å²) in [5.41, 5.74) is 4.17. The van der Waals surface area contributed by atoms with Gasteiger partial charge in [0.05, 0.1) is 11.6 Å². The van der Waals surface area contributed by atoms with Gasteiger partial charge in [0, 0.05) is 25.1 Å². The highest BCUT2D eigenvalue weighted by Gasteiger charge is 2.40. The topological polar surface area (TPSA) is 37.4 Å². The molecule has 0 radical (unpaired) electrons. The molecule has 0 bridgehead atoms. The van der Waals surface area contributed by atoms with Gasteiger partial charge in [0.1, 0.15) is 0 Å². The van der Waals surface area contributed by atoms with E-state index in [9.17, 15) is 9.59 Å². The molecule has 0 N–H and O–H groups in total. The molecule has 2 aliphatic heterocycles. The van der Waals surface area contributed by atoms with Crippen LogP contribution >= 0.6 is 0 Å². The molecule has 3 nitrogen and oxygen atoms in total. The van der Waals surface area contributed by atoms with E-state index in [0.717, 1.165) is 31.5 Å². The third-order valence-corrected chi connectivity index (χ3v) is 4.80. The molecule has 0 fully saturated rings. The largest absolute Gasteiger partial charge is 0.366 e. The van der Waals surface area contributed by atoms with Crippen molar-refractivity contribution in [3.63, 3.8) is 0 Å². The third-order valence-electron chi connectivity index (χ3n) is 4.80. The van der Waals surface area contributed by atoms with Crippen LogP contribution in [-0.4, -0.2) is 23.0 Å². The summed E-state index contributed by atoms with van der Waals surface area (Å²) in [7, 11) is 0. The lowest BCUT2D eigenvalue weighted by Gasteiger charge is -2.44. The van der Waals surface area contributed by atoms with Gasteiger partial charge in [-0.05, 0) is 30.4 Å². The molecule has 4 rings (SSSR count). The van der Waals surface area contributed by atoms with Gasteiger partial charge in [-0.1, -0.05) is 24.3 Å². The van der Waals surface area contributed by atoms with E-state index in [1.54, 1.807) is 0 Å². The fraction of sp³-hybridized carbons (Fsp3) is 0.412. The van der Waals surface area contributed by atoms with Crippen molar-refractivity contribution in [1.29, 1.82) is 0 Å². The molecule has 1 aromatic rings. The van der Waals surface area contributed by atoms with Crippen molar-refractivity contribution in [1.82, 2.24) is 4.90 Å². The highest BCUT2D eigenvalue weighted by molar-refractivity contribution is 6.21. The fourth-order valence-corrected chi connectivity index (χ4v) is 3.90. The van der Waals surface area contributed by atoms with E-state index in [0.29, 0.717) is 18.4 Å². The molecular formula is C17H17NO2. The quantitative estimate of drug-likeness (QED) is 0.678. The Morgan fingerprint density at radius 2 is 1.85 bits per heavy atom. The number of fused-ring (bicyclic) bond motifs is 4. The summed E-state index contributed by atoms with van der Waals surface area (Å²) in [5, 5.41) is 0. The van der Waals surface area contributed by atoms with Crippen molar-refractivity contribution in [2.45, 2.75) is 38.1 Å². The average molecular weight is 267 g/mol. The van der Waals surface area contributed by atoms with Crippen molar-refractivity contribution in [2.75, 3.05) is 6.54 Å². The predicted molar refractivity (Wildman–Crippen MR) is 75.1 cm³/mol. The lowest BCUT2D eigenvalue weighted by atomic mass is 9.80. The van der Waals surface area contributed by atoms with Crippen molar-refractivity contribution in [3.8, 4) is 0 Å². The van der Waals surface area contributed by atoms with Gasteiger partial charge in [0.2, 0.25) is 0 Å². The molecule has 3 aliphatic rings. The molecule has 102 valence electrons. The molecule has 1 aliphatic carbocycles. The number of nitrogens with zero attached hydrogens (tertiary/aromatic N) is 1. The number of hydrogen-bond donors (Lipinski definition) is 0. The molecule has 0 spiro atoms. The first-order valence-electron chi connectivity index (χ1n) is 7.39. The maximum Gasteiger partial charge on any atom is 0.170 e. The van der Waals surface area contributed by atoms with Crippen LogP contribution in [0.25, 0.3) is 0 Å². The van der Waals surface area contributed by atoms with Crippen LogP contribution in [0.4, 0.5) is 0 Å². The van der Waals surface area contributed by atoms with Crippen LogP contribution in [0.15, 0.2) is 35.5 Å². The smallest absolute Gasteiger partial charge is 0.170 e. The van der Waals surface area contributed by atoms with E-state index in [2.05, 4.69) is 23.1 Å². The summed E-state index contributed by atoms with van der Waals surface area (Å²) in [6.45, 7) is 0.932. The monoisotopic (exact) mass is 267 g/mol. The Morgan fingerprint density at radius 1 is 1.00 bits per heavy atom. The number of hydrogen-bond acceptors (Lipinski definition) is 3. The van der Waals surface area contributed by atoms with Gasteiger partial charge < -0.3 is 4.90 Å². The summed E-state index contributed by atoms with van der Waals surface area (Å²) >= 11 is 0. The molecule has 0 amide bonds. The molecule has 1 aromatic carbocycles. The molecule has 3 heteroatoms. The standard InChI is InChI=1S/C17H17NO2/c19-15-7-3-6-13-17(15)16(20)10-14-12-5-2-1-4-11(12)8-9-18(13)14/h1-2,4-5,14H,3,6-10H2/t14-/m1/s1. The van der Waals surface area contributed by atoms with Gasteiger partial charge in [0.25, 0.3) is 0 Å². The first-order valence-corrected chi connectivity index (χ1v) is 7.39. The van der Waals surface area contributed by atoms with E-state index in [1.165, 1.54) is 11.1 Å². The predicted octanol–water partition coefficient (Wildman–Crippen LogP) is 2.57. The Balaban J connectivity index is 1.83. The minimum atomic E-state index is 0.0580. The first kappa shape index (κ1) is 11.9. The van der Waals surface area contributed by atoms with Gasteiger partial charge >= 0.3 is 0 Å². The summed E-state index contributed by atoms with van der Waals surface area (Å²) in [6.07, 6.45) is 3.77.